The summed E-state index contributed by atoms with van der Waals surface area (Å²) in [5.41, 5.74) is 2.61. The molecule has 43 heavy (non-hydrogen) atoms. The lowest BCUT2D eigenvalue weighted by Gasteiger charge is -2.32. The van der Waals surface area contributed by atoms with Gasteiger partial charge in [-0.2, -0.15) is 13.2 Å². The number of carboxylic acids is 1. The maximum Gasteiger partial charge on any atom is 0.401 e. The van der Waals surface area contributed by atoms with Crippen LogP contribution >= 0.6 is 0 Å². The average Bonchev–Trinajstić information content (AvgIpc) is 2.96. The summed E-state index contributed by atoms with van der Waals surface area (Å²) in [7, 11) is 0. The van der Waals surface area contributed by atoms with E-state index >= 15 is 4.39 Å². The highest BCUT2D eigenvalue weighted by molar-refractivity contribution is 5.71. The number of hydrogen-bond acceptors (Lipinski definition) is 6. The summed E-state index contributed by atoms with van der Waals surface area (Å²) in [6, 6.07) is 10.7. The van der Waals surface area contributed by atoms with Gasteiger partial charge in [0.25, 0.3) is 0 Å². The Morgan fingerprint density at radius 2 is 1.72 bits per heavy atom. The van der Waals surface area contributed by atoms with Crippen LogP contribution in [0.5, 0.6) is 5.75 Å². The molecule has 0 spiro atoms. The molecule has 230 valence electrons. The second kappa shape index (κ2) is 12.8. The Bertz CT molecular complexity index is 1450. The van der Waals surface area contributed by atoms with Crippen molar-refractivity contribution in [2.24, 2.45) is 5.92 Å². The van der Waals surface area contributed by atoms with E-state index in [4.69, 9.17) is 4.74 Å². The van der Waals surface area contributed by atoms with Gasteiger partial charge in [-0.25, -0.2) is 13.8 Å². The number of nitrogens with zero attached hydrogens (tertiary/aromatic N) is 4. The number of aliphatic carboxylic acids is 1. The number of benzene rings is 1. The maximum absolute atomic E-state index is 15.1. The van der Waals surface area contributed by atoms with Crippen LogP contribution in [-0.2, 0) is 11.4 Å². The van der Waals surface area contributed by atoms with Crippen molar-refractivity contribution < 1.29 is 36.6 Å². The van der Waals surface area contributed by atoms with Crippen molar-refractivity contribution in [1.82, 2.24) is 14.9 Å². The van der Waals surface area contributed by atoms with Crippen LogP contribution in [0, 0.1) is 24.5 Å². The second-order valence-corrected chi connectivity index (χ2v) is 11.2. The molecule has 0 bridgehead atoms. The largest absolute Gasteiger partial charge is 0.485 e. The fraction of sp³-hybridized carbons (Fsp3) is 0.452. The highest BCUT2D eigenvalue weighted by atomic mass is 19.4. The number of anilines is 1. The summed E-state index contributed by atoms with van der Waals surface area (Å²) < 4.78 is 73.5. The minimum absolute atomic E-state index is 0.0406. The van der Waals surface area contributed by atoms with Crippen LogP contribution in [0.4, 0.5) is 27.8 Å². The first-order chi connectivity index (χ1) is 20.5. The molecule has 7 nitrogen and oxygen atoms in total. The Hall–Kier alpha value is -3.80. The molecule has 0 aliphatic carbocycles. The monoisotopic (exact) mass is 604 g/mol. The molecule has 0 atom stereocenters. The van der Waals surface area contributed by atoms with Crippen LogP contribution in [0.25, 0.3) is 11.3 Å². The lowest BCUT2D eigenvalue weighted by atomic mass is 9.92. The van der Waals surface area contributed by atoms with Crippen molar-refractivity contribution >= 4 is 11.8 Å². The molecule has 2 aliphatic rings. The van der Waals surface area contributed by atoms with E-state index < -0.39 is 36.2 Å². The Labute approximate surface area is 246 Å². The van der Waals surface area contributed by atoms with Gasteiger partial charge in [0.15, 0.2) is 11.6 Å². The number of carbonyl (C=O) groups is 1. The van der Waals surface area contributed by atoms with Gasteiger partial charge in [-0.1, -0.05) is 12.1 Å². The zero-order valence-corrected chi connectivity index (χ0v) is 23.7. The number of carboxylic acid groups (broad SMARTS) is 1. The zero-order valence-electron chi connectivity index (χ0n) is 23.7. The smallest absolute Gasteiger partial charge is 0.401 e. The van der Waals surface area contributed by atoms with E-state index in [9.17, 15) is 27.5 Å². The molecule has 0 radical (unpaired) electrons. The molecule has 2 fully saturated rings. The predicted molar refractivity (Wildman–Crippen MR) is 150 cm³/mol. The van der Waals surface area contributed by atoms with Crippen molar-refractivity contribution in [3.8, 4) is 17.0 Å². The predicted octanol–water partition coefficient (Wildman–Crippen LogP) is 6.35. The van der Waals surface area contributed by atoms with Crippen LogP contribution in [0.2, 0.25) is 0 Å². The molecule has 0 amide bonds. The third kappa shape index (κ3) is 7.59. The summed E-state index contributed by atoms with van der Waals surface area (Å²) in [4.78, 5) is 24.0. The third-order valence-corrected chi connectivity index (χ3v) is 8.18. The van der Waals surface area contributed by atoms with E-state index in [0.29, 0.717) is 74.6 Å². The first-order valence-electron chi connectivity index (χ1n) is 14.3. The summed E-state index contributed by atoms with van der Waals surface area (Å²) in [5, 5.41) is 9.28. The van der Waals surface area contributed by atoms with Crippen molar-refractivity contribution in [2.45, 2.75) is 51.3 Å². The summed E-state index contributed by atoms with van der Waals surface area (Å²) >= 11 is 0. The summed E-state index contributed by atoms with van der Waals surface area (Å²) in [6.07, 6.45) is -2.10. The number of aromatic nitrogens is 2. The normalized spacial score (nSPS) is 17.3. The molecule has 1 N–H and O–H groups in total. The maximum atomic E-state index is 15.1. The summed E-state index contributed by atoms with van der Waals surface area (Å²) in [6.45, 7) is 2.54. The molecule has 0 unspecified atom stereocenters. The van der Waals surface area contributed by atoms with Crippen molar-refractivity contribution in [2.75, 3.05) is 37.6 Å². The lowest BCUT2D eigenvalue weighted by Crippen LogP contribution is -2.39. The van der Waals surface area contributed by atoms with Crippen molar-refractivity contribution in [3.63, 3.8) is 0 Å². The van der Waals surface area contributed by atoms with Crippen molar-refractivity contribution in [3.05, 3.63) is 71.1 Å². The van der Waals surface area contributed by atoms with Gasteiger partial charge in [-0.05, 0) is 70.0 Å². The van der Waals surface area contributed by atoms with Gasteiger partial charge in [0.05, 0.1) is 18.2 Å². The van der Waals surface area contributed by atoms with E-state index in [0.717, 1.165) is 11.8 Å². The van der Waals surface area contributed by atoms with Gasteiger partial charge in [-0.15, -0.1) is 0 Å². The fourth-order valence-electron chi connectivity index (χ4n) is 5.78. The van der Waals surface area contributed by atoms with Crippen LogP contribution < -0.4 is 9.64 Å². The Morgan fingerprint density at radius 3 is 2.37 bits per heavy atom. The lowest BCUT2D eigenvalue weighted by molar-refractivity contribution is -0.148. The average molecular weight is 605 g/mol. The van der Waals surface area contributed by atoms with E-state index in [-0.39, 0.29) is 23.8 Å². The van der Waals surface area contributed by atoms with Gasteiger partial charge in [0.2, 0.25) is 0 Å². The topological polar surface area (TPSA) is 78.8 Å². The first kappa shape index (κ1) is 30.7. The van der Waals surface area contributed by atoms with Gasteiger partial charge >= 0.3 is 12.1 Å². The van der Waals surface area contributed by atoms with Crippen LogP contribution in [0.15, 0.2) is 42.5 Å². The standard InChI is InChI=1S/C31H33F5N4O3/c1-19-22(5-6-26(37-19)20-7-11-39(12-8-20)18-31(34,35)36)17-43-29-24(15-23(32)16-25(29)33)27-3-2-4-28(38-27)40-13-9-21(10-14-40)30(41)42/h2-6,15-16,20-21H,7-14,17-18H2,1H3,(H,41,42). The fourth-order valence-corrected chi connectivity index (χ4v) is 5.78. The van der Waals surface area contributed by atoms with E-state index in [1.165, 1.54) is 11.0 Å². The molecular weight excluding hydrogens is 571 g/mol. The number of rotatable bonds is 8. The van der Waals surface area contributed by atoms with E-state index in [1.807, 2.05) is 17.0 Å². The molecule has 2 aliphatic heterocycles. The number of hydrogen-bond donors (Lipinski definition) is 1. The number of pyridine rings is 2. The van der Waals surface area contributed by atoms with Gasteiger partial charge in [-0.3, -0.25) is 14.7 Å². The molecular formula is C31H33F5N4O3. The van der Waals surface area contributed by atoms with E-state index in [1.54, 1.807) is 25.1 Å². The highest BCUT2D eigenvalue weighted by Gasteiger charge is 2.33. The van der Waals surface area contributed by atoms with E-state index in [2.05, 4.69) is 9.97 Å². The number of piperidine rings is 2. The van der Waals surface area contributed by atoms with Crippen LogP contribution in [0.1, 0.15) is 48.6 Å². The number of likely N-dealkylation sites (tertiary alicyclic amines) is 1. The second-order valence-electron chi connectivity index (χ2n) is 11.2. The molecule has 5 rings (SSSR count). The van der Waals surface area contributed by atoms with Gasteiger partial charge in [0, 0.05) is 47.6 Å². The summed E-state index contributed by atoms with van der Waals surface area (Å²) in [5.74, 6) is -2.40. The Kier molecular flexibility index (Phi) is 9.14. The number of alkyl halides is 3. The number of aryl methyl sites for hydroxylation is 1. The SMILES string of the molecule is Cc1nc(C2CCN(CC(F)(F)F)CC2)ccc1COc1c(F)cc(F)cc1-c1cccc(N2CCC(C(=O)O)CC2)n1. The quantitative estimate of drug-likeness (QED) is 0.300. The van der Waals surface area contributed by atoms with Crippen molar-refractivity contribution in [1.29, 1.82) is 0 Å². The van der Waals surface area contributed by atoms with Gasteiger partial charge < -0.3 is 14.7 Å². The Balaban J connectivity index is 1.28. The molecule has 2 saturated heterocycles. The first-order valence-corrected chi connectivity index (χ1v) is 14.3. The third-order valence-electron chi connectivity index (χ3n) is 8.18. The zero-order chi connectivity index (χ0) is 30.7. The van der Waals surface area contributed by atoms with Crippen LogP contribution in [-0.4, -0.2) is 64.8 Å². The number of halogens is 5. The molecule has 3 aromatic rings. The molecule has 2 aromatic heterocycles. The molecule has 4 heterocycles. The molecule has 0 saturated carbocycles. The number of ether oxygens (including phenoxy) is 1. The van der Waals surface area contributed by atoms with Gasteiger partial charge in [0.1, 0.15) is 18.2 Å². The molecule has 12 heteroatoms. The highest BCUT2D eigenvalue weighted by Crippen LogP contribution is 2.35. The Morgan fingerprint density at radius 1 is 1.00 bits per heavy atom. The minimum Gasteiger partial charge on any atom is -0.485 e. The van der Waals surface area contributed by atoms with Crippen LogP contribution in [0.3, 0.4) is 0 Å². The molecule has 1 aromatic carbocycles. The minimum atomic E-state index is -4.22.